The third-order valence-electron chi connectivity index (χ3n) is 5.20. The van der Waals surface area contributed by atoms with E-state index >= 15 is 0 Å². The Hall–Kier alpha value is -0.940. The molecule has 1 aromatic rings. The molecule has 8 nitrogen and oxygen atoms in total. The number of rotatable bonds is 4. The van der Waals surface area contributed by atoms with E-state index in [9.17, 15) is 13.2 Å². The lowest BCUT2D eigenvalue weighted by Crippen LogP contribution is -2.51. The van der Waals surface area contributed by atoms with Crippen molar-refractivity contribution in [3.05, 3.63) is 27.7 Å². The maximum absolute atomic E-state index is 13.0. The number of hydrogen-bond donors (Lipinski definition) is 0. The highest BCUT2D eigenvalue weighted by molar-refractivity contribution is 7.98. The Labute approximate surface area is 157 Å². The number of aromatic nitrogens is 2. The Morgan fingerprint density at radius 1 is 1.27 bits per heavy atom. The van der Waals surface area contributed by atoms with E-state index in [0.717, 1.165) is 42.0 Å². The Balaban J connectivity index is 1.55. The molecule has 3 aliphatic heterocycles. The van der Waals surface area contributed by atoms with Gasteiger partial charge in [0.2, 0.25) is 0 Å². The van der Waals surface area contributed by atoms with Gasteiger partial charge in [0.05, 0.1) is 25.5 Å². The zero-order valence-corrected chi connectivity index (χ0v) is 16.3. The molecule has 3 aliphatic rings. The number of fused-ring (bicyclic) bond motifs is 1. The van der Waals surface area contributed by atoms with Crippen molar-refractivity contribution in [1.82, 2.24) is 18.4 Å². The molecule has 0 spiro atoms. The highest BCUT2D eigenvalue weighted by Gasteiger charge is 2.39. The summed E-state index contributed by atoms with van der Waals surface area (Å²) in [5, 5.41) is 4.54. The molecule has 1 unspecified atom stereocenters. The van der Waals surface area contributed by atoms with Crippen LogP contribution in [0.1, 0.15) is 24.1 Å². The van der Waals surface area contributed by atoms with Gasteiger partial charge in [-0.25, -0.2) is 4.68 Å². The Morgan fingerprint density at radius 2 is 2.08 bits per heavy atom. The van der Waals surface area contributed by atoms with E-state index in [0.29, 0.717) is 39.4 Å². The molecule has 2 saturated heterocycles. The molecule has 10 heteroatoms. The lowest BCUT2D eigenvalue weighted by molar-refractivity contribution is 0.0697. The van der Waals surface area contributed by atoms with Crippen LogP contribution < -0.4 is 5.56 Å². The van der Waals surface area contributed by atoms with E-state index in [1.54, 1.807) is 10.4 Å². The molecule has 0 saturated carbocycles. The average Bonchev–Trinajstić information content (AvgIpc) is 3.12. The van der Waals surface area contributed by atoms with E-state index in [2.05, 4.69) is 5.10 Å². The van der Waals surface area contributed by atoms with Gasteiger partial charge >= 0.3 is 0 Å². The second-order valence-electron chi connectivity index (χ2n) is 6.87. The van der Waals surface area contributed by atoms with Crippen LogP contribution in [0.15, 0.2) is 10.9 Å². The smallest absolute Gasteiger partial charge is 0.282 e. The van der Waals surface area contributed by atoms with Crippen LogP contribution in [0.4, 0.5) is 0 Å². The van der Waals surface area contributed by atoms with Crippen molar-refractivity contribution in [2.45, 2.75) is 37.6 Å². The molecule has 0 aromatic carbocycles. The summed E-state index contributed by atoms with van der Waals surface area (Å²) in [6, 6.07) is 1.45. The first-order valence-electron chi connectivity index (χ1n) is 9.08. The molecule has 0 bridgehead atoms. The topological polar surface area (TPSA) is 84.7 Å². The number of ether oxygens (including phenoxy) is 1. The fourth-order valence-corrected chi connectivity index (χ4v) is 6.57. The third-order valence-corrected chi connectivity index (χ3v) is 8.30. The van der Waals surface area contributed by atoms with Crippen LogP contribution in [-0.2, 0) is 33.7 Å². The first-order valence-corrected chi connectivity index (χ1v) is 11.6. The third kappa shape index (κ3) is 3.57. The molecule has 1 aromatic heterocycles. The van der Waals surface area contributed by atoms with Gasteiger partial charge in [-0.15, -0.1) is 0 Å². The van der Waals surface area contributed by atoms with Crippen molar-refractivity contribution in [2.75, 3.05) is 38.6 Å². The second kappa shape index (κ2) is 7.59. The van der Waals surface area contributed by atoms with Crippen molar-refractivity contribution in [3.63, 3.8) is 0 Å². The standard InChI is InChI=1S/C16H24N4O4S2/c21-16-10-13-12-25-9-3-15(13)17-19(16)11-14-2-1-4-20(14)26(22,23)18-5-7-24-8-6-18/h10,14H,1-9,11-12H2. The maximum atomic E-state index is 13.0. The van der Waals surface area contributed by atoms with Gasteiger partial charge in [0.15, 0.2) is 0 Å². The summed E-state index contributed by atoms with van der Waals surface area (Å²) in [6.45, 7) is 2.47. The van der Waals surface area contributed by atoms with Crippen molar-refractivity contribution in [1.29, 1.82) is 0 Å². The molecule has 4 heterocycles. The number of aryl methyl sites for hydroxylation is 1. The first-order chi connectivity index (χ1) is 12.6. The van der Waals surface area contributed by atoms with Crippen molar-refractivity contribution >= 4 is 22.0 Å². The summed E-state index contributed by atoms with van der Waals surface area (Å²) < 4.78 is 35.8. The van der Waals surface area contributed by atoms with Crippen LogP contribution in [-0.4, -0.2) is 71.5 Å². The average molecular weight is 401 g/mol. The SMILES string of the molecule is O=c1cc2c(nn1CC1CCCN1S(=O)(=O)N1CCOCC1)CCSC2. The van der Waals surface area contributed by atoms with Crippen LogP contribution in [0.3, 0.4) is 0 Å². The quantitative estimate of drug-likeness (QED) is 0.711. The molecule has 0 N–H and O–H groups in total. The highest BCUT2D eigenvalue weighted by Crippen LogP contribution is 2.25. The molecular formula is C16H24N4O4S2. The van der Waals surface area contributed by atoms with Crippen LogP contribution >= 0.6 is 11.8 Å². The van der Waals surface area contributed by atoms with E-state index in [1.165, 1.54) is 8.99 Å². The molecule has 0 radical (unpaired) electrons. The summed E-state index contributed by atoms with van der Waals surface area (Å²) in [6.07, 6.45) is 2.43. The molecular weight excluding hydrogens is 376 g/mol. The molecule has 1 atom stereocenters. The van der Waals surface area contributed by atoms with Crippen LogP contribution in [0.2, 0.25) is 0 Å². The fourth-order valence-electron chi connectivity index (χ4n) is 3.80. The monoisotopic (exact) mass is 400 g/mol. The lowest BCUT2D eigenvalue weighted by atomic mass is 10.2. The summed E-state index contributed by atoms with van der Waals surface area (Å²) in [5.74, 6) is 1.85. The normalized spacial score (nSPS) is 25.3. The summed E-state index contributed by atoms with van der Waals surface area (Å²) in [5.41, 5.74) is 1.86. The minimum Gasteiger partial charge on any atom is -0.379 e. The summed E-state index contributed by atoms with van der Waals surface area (Å²) >= 11 is 1.81. The Bertz CT molecular complexity index is 820. The van der Waals surface area contributed by atoms with Crippen LogP contribution in [0, 0.1) is 0 Å². The van der Waals surface area contributed by atoms with Crippen molar-refractivity contribution in [2.24, 2.45) is 0 Å². The molecule has 144 valence electrons. The van der Waals surface area contributed by atoms with Gasteiger partial charge in [0.1, 0.15) is 0 Å². The number of thioether (sulfide) groups is 1. The van der Waals surface area contributed by atoms with Crippen LogP contribution in [0.5, 0.6) is 0 Å². The van der Waals surface area contributed by atoms with Gasteiger partial charge in [0, 0.05) is 43.9 Å². The zero-order chi connectivity index (χ0) is 18.1. The summed E-state index contributed by atoms with van der Waals surface area (Å²) in [4.78, 5) is 12.4. The number of morpholine rings is 1. The fraction of sp³-hybridized carbons (Fsp3) is 0.750. The minimum absolute atomic E-state index is 0.137. The van der Waals surface area contributed by atoms with Gasteiger partial charge < -0.3 is 4.74 Å². The number of nitrogens with zero attached hydrogens (tertiary/aromatic N) is 4. The molecule has 4 rings (SSSR count). The van der Waals surface area contributed by atoms with Gasteiger partial charge in [-0.3, -0.25) is 4.79 Å². The molecule has 2 fully saturated rings. The maximum Gasteiger partial charge on any atom is 0.282 e. The lowest BCUT2D eigenvalue weighted by Gasteiger charge is -2.33. The largest absolute Gasteiger partial charge is 0.379 e. The summed E-state index contributed by atoms with van der Waals surface area (Å²) in [7, 11) is -3.52. The van der Waals surface area contributed by atoms with Crippen molar-refractivity contribution in [3.8, 4) is 0 Å². The van der Waals surface area contributed by atoms with E-state index in [4.69, 9.17) is 4.74 Å². The number of hydrogen-bond acceptors (Lipinski definition) is 6. The van der Waals surface area contributed by atoms with E-state index in [-0.39, 0.29) is 11.6 Å². The Kier molecular flexibility index (Phi) is 5.38. The molecule has 0 amide bonds. The molecule has 26 heavy (non-hydrogen) atoms. The van der Waals surface area contributed by atoms with Gasteiger partial charge in [-0.1, -0.05) is 0 Å². The highest BCUT2D eigenvalue weighted by atomic mass is 32.2. The second-order valence-corrected chi connectivity index (χ2v) is 9.85. The predicted octanol–water partition coefficient (Wildman–Crippen LogP) is 0.0740. The molecule has 0 aliphatic carbocycles. The van der Waals surface area contributed by atoms with Crippen LogP contribution in [0.25, 0.3) is 0 Å². The van der Waals surface area contributed by atoms with E-state index in [1.807, 2.05) is 11.8 Å². The van der Waals surface area contributed by atoms with Gasteiger partial charge in [0.25, 0.3) is 15.8 Å². The van der Waals surface area contributed by atoms with Gasteiger partial charge in [-0.05, 0) is 24.2 Å². The minimum atomic E-state index is -3.52. The van der Waals surface area contributed by atoms with Gasteiger partial charge in [-0.2, -0.15) is 33.9 Å². The van der Waals surface area contributed by atoms with E-state index < -0.39 is 10.2 Å². The zero-order valence-electron chi connectivity index (χ0n) is 14.7. The predicted molar refractivity (Wildman–Crippen MR) is 99.4 cm³/mol. The van der Waals surface area contributed by atoms with Crippen molar-refractivity contribution < 1.29 is 13.2 Å². The first kappa shape index (κ1) is 18.4. The Morgan fingerprint density at radius 3 is 2.88 bits per heavy atom.